The van der Waals surface area contributed by atoms with Crippen LogP contribution in [0.25, 0.3) is 11.5 Å². The first-order valence-electron chi connectivity index (χ1n) is 9.46. The van der Waals surface area contributed by atoms with E-state index in [0.717, 1.165) is 11.1 Å². The summed E-state index contributed by atoms with van der Waals surface area (Å²) in [5.41, 5.74) is 3.90. The van der Waals surface area contributed by atoms with Gasteiger partial charge in [-0.05, 0) is 45.1 Å². The molecule has 0 saturated carbocycles. The van der Waals surface area contributed by atoms with Gasteiger partial charge >= 0.3 is 0 Å². The van der Waals surface area contributed by atoms with Crippen LogP contribution in [0.4, 0.5) is 0 Å². The third kappa shape index (κ3) is 4.67. The number of hydrogen-bond donors (Lipinski definition) is 1. The number of hydrogen-bond acceptors (Lipinski definition) is 4. The Kier molecular flexibility index (Phi) is 6.26. The van der Waals surface area contributed by atoms with Gasteiger partial charge in [0.25, 0.3) is 0 Å². The molecule has 0 fully saturated rings. The molecule has 0 aliphatic carbocycles. The highest BCUT2D eigenvalue weighted by Crippen LogP contribution is 2.25. The third-order valence-electron chi connectivity index (χ3n) is 4.90. The standard InChI is InChI=1S/C23H27N3O2/c1-16-10-8-9-13-19(16)23-25-20(17(2)28-23)14-22(27)24-15-21(26(3)4)18-11-6-5-7-12-18/h5-13,21H,14-15H2,1-4H3,(H,24,27). The lowest BCUT2D eigenvalue weighted by Crippen LogP contribution is -2.35. The van der Waals surface area contributed by atoms with Crippen LogP contribution in [0.5, 0.6) is 0 Å². The lowest BCUT2D eigenvalue weighted by molar-refractivity contribution is -0.120. The molecule has 5 nitrogen and oxygen atoms in total. The molecular weight excluding hydrogens is 350 g/mol. The zero-order valence-electron chi connectivity index (χ0n) is 16.9. The molecule has 2 aromatic carbocycles. The molecular formula is C23H27N3O2. The monoisotopic (exact) mass is 377 g/mol. The van der Waals surface area contributed by atoms with Crippen LogP contribution in [0, 0.1) is 13.8 Å². The second kappa shape index (κ2) is 8.85. The zero-order chi connectivity index (χ0) is 20.1. The van der Waals surface area contributed by atoms with Gasteiger partial charge in [0.15, 0.2) is 0 Å². The highest BCUT2D eigenvalue weighted by molar-refractivity contribution is 5.78. The fourth-order valence-electron chi connectivity index (χ4n) is 3.22. The van der Waals surface area contributed by atoms with Crippen molar-refractivity contribution in [2.24, 2.45) is 0 Å². The average molecular weight is 377 g/mol. The quantitative estimate of drug-likeness (QED) is 0.678. The molecule has 0 aliphatic rings. The van der Waals surface area contributed by atoms with E-state index in [9.17, 15) is 4.79 Å². The molecule has 0 radical (unpaired) electrons. The van der Waals surface area contributed by atoms with Crippen molar-refractivity contribution in [3.05, 3.63) is 77.2 Å². The van der Waals surface area contributed by atoms with Crippen molar-refractivity contribution in [3.63, 3.8) is 0 Å². The number of aromatic nitrogens is 1. The molecule has 0 aliphatic heterocycles. The van der Waals surface area contributed by atoms with Gasteiger partial charge in [-0.1, -0.05) is 48.5 Å². The normalized spacial score (nSPS) is 12.2. The summed E-state index contributed by atoms with van der Waals surface area (Å²) in [6.45, 7) is 4.41. The first-order chi connectivity index (χ1) is 13.5. The van der Waals surface area contributed by atoms with Crippen LogP contribution >= 0.6 is 0 Å². The van der Waals surface area contributed by atoms with Crippen molar-refractivity contribution < 1.29 is 9.21 Å². The summed E-state index contributed by atoms with van der Waals surface area (Å²) in [5, 5.41) is 3.04. The van der Waals surface area contributed by atoms with E-state index in [1.54, 1.807) is 0 Å². The van der Waals surface area contributed by atoms with Crippen LogP contribution in [0.2, 0.25) is 0 Å². The van der Waals surface area contributed by atoms with Gasteiger partial charge in [0.1, 0.15) is 5.76 Å². The maximum Gasteiger partial charge on any atom is 0.226 e. The summed E-state index contributed by atoms with van der Waals surface area (Å²) in [6, 6.07) is 18.2. The molecule has 1 N–H and O–H groups in total. The maximum absolute atomic E-state index is 12.5. The van der Waals surface area contributed by atoms with E-state index in [4.69, 9.17) is 4.42 Å². The van der Waals surface area contributed by atoms with Gasteiger partial charge in [-0.25, -0.2) is 4.98 Å². The van der Waals surface area contributed by atoms with Gasteiger partial charge in [0.05, 0.1) is 18.2 Å². The Labute approximate surface area is 166 Å². The predicted molar refractivity (Wildman–Crippen MR) is 111 cm³/mol. The fraction of sp³-hybridized carbons (Fsp3) is 0.304. The molecule has 0 saturated heterocycles. The number of carbonyl (C=O) groups is 1. The van der Waals surface area contributed by atoms with Gasteiger partial charge in [0, 0.05) is 12.1 Å². The molecule has 1 amide bonds. The third-order valence-corrected chi connectivity index (χ3v) is 4.90. The van der Waals surface area contributed by atoms with Crippen molar-refractivity contribution in [2.75, 3.05) is 20.6 Å². The number of nitrogens with one attached hydrogen (secondary N) is 1. The van der Waals surface area contributed by atoms with Crippen LogP contribution in [0.3, 0.4) is 0 Å². The minimum absolute atomic E-state index is 0.0597. The van der Waals surface area contributed by atoms with Crippen molar-refractivity contribution in [2.45, 2.75) is 26.3 Å². The smallest absolute Gasteiger partial charge is 0.226 e. The lowest BCUT2D eigenvalue weighted by Gasteiger charge is -2.25. The van der Waals surface area contributed by atoms with Crippen LogP contribution in [-0.4, -0.2) is 36.4 Å². The highest BCUT2D eigenvalue weighted by atomic mass is 16.4. The number of benzene rings is 2. The largest absolute Gasteiger partial charge is 0.441 e. The van der Waals surface area contributed by atoms with Crippen LogP contribution in [0.1, 0.15) is 28.6 Å². The Hall–Kier alpha value is -2.92. The number of likely N-dealkylation sites (N-methyl/N-ethyl adjacent to an activating group) is 1. The molecule has 0 spiro atoms. The Morgan fingerprint density at radius 1 is 1.07 bits per heavy atom. The van der Waals surface area contributed by atoms with E-state index in [0.29, 0.717) is 23.9 Å². The summed E-state index contributed by atoms with van der Waals surface area (Å²) in [5.74, 6) is 1.19. The average Bonchev–Trinajstić information content (AvgIpc) is 3.03. The van der Waals surface area contributed by atoms with Gasteiger partial charge in [-0.3, -0.25) is 4.79 Å². The summed E-state index contributed by atoms with van der Waals surface area (Å²) in [6.07, 6.45) is 0.205. The summed E-state index contributed by atoms with van der Waals surface area (Å²) in [7, 11) is 4.03. The number of rotatable bonds is 7. The van der Waals surface area contributed by atoms with Gasteiger partial charge < -0.3 is 14.6 Å². The molecule has 0 bridgehead atoms. The number of oxazole rings is 1. The Morgan fingerprint density at radius 2 is 1.75 bits per heavy atom. The number of nitrogens with zero attached hydrogens (tertiary/aromatic N) is 2. The van der Waals surface area contributed by atoms with Crippen molar-refractivity contribution in [1.82, 2.24) is 15.2 Å². The van der Waals surface area contributed by atoms with Crippen molar-refractivity contribution >= 4 is 5.91 Å². The number of aryl methyl sites for hydroxylation is 2. The Bertz CT molecular complexity index is 932. The number of amides is 1. The minimum Gasteiger partial charge on any atom is -0.441 e. The molecule has 3 rings (SSSR count). The van der Waals surface area contributed by atoms with Crippen LogP contribution < -0.4 is 5.32 Å². The van der Waals surface area contributed by atoms with Gasteiger partial charge in [-0.15, -0.1) is 0 Å². The van der Waals surface area contributed by atoms with Gasteiger partial charge in [0.2, 0.25) is 11.8 Å². The maximum atomic E-state index is 12.5. The first-order valence-corrected chi connectivity index (χ1v) is 9.46. The molecule has 1 atom stereocenters. The van der Waals surface area contributed by atoms with E-state index in [2.05, 4.69) is 27.3 Å². The molecule has 28 heavy (non-hydrogen) atoms. The summed E-state index contributed by atoms with van der Waals surface area (Å²) in [4.78, 5) is 19.2. The molecule has 5 heteroatoms. The minimum atomic E-state index is -0.0597. The second-order valence-electron chi connectivity index (χ2n) is 7.21. The van der Waals surface area contributed by atoms with Gasteiger partial charge in [-0.2, -0.15) is 0 Å². The van der Waals surface area contributed by atoms with Crippen molar-refractivity contribution in [1.29, 1.82) is 0 Å². The fourth-order valence-corrected chi connectivity index (χ4v) is 3.22. The van der Waals surface area contributed by atoms with E-state index in [-0.39, 0.29) is 18.4 Å². The van der Waals surface area contributed by atoms with E-state index in [1.807, 2.05) is 70.4 Å². The summed E-state index contributed by atoms with van der Waals surface area (Å²) < 4.78 is 5.82. The second-order valence-corrected chi connectivity index (χ2v) is 7.21. The topological polar surface area (TPSA) is 58.4 Å². The van der Waals surface area contributed by atoms with E-state index in [1.165, 1.54) is 5.56 Å². The van der Waals surface area contributed by atoms with Crippen LogP contribution in [0.15, 0.2) is 59.0 Å². The van der Waals surface area contributed by atoms with E-state index < -0.39 is 0 Å². The van der Waals surface area contributed by atoms with Crippen molar-refractivity contribution in [3.8, 4) is 11.5 Å². The van der Waals surface area contributed by atoms with Crippen LogP contribution in [-0.2, 0) is 11.2 Å². The Balaban J connectivity index is 1.66. The highest BCUT2D eigenvalue weighted by Gasteiger charge is 2.18. The molecule has 3 aromatic rings. The molecule has 146 valence electrons. The zero-order valence-corrected chi connectivity index (χ0v) is 16.9. The SMILES string of the molecule is Cc1ccccc1-c1nc(CC(=O)NCC(c2ccccc2)N(C)C)c(C)o1. The molecule has 1 unspecified atom stereocenters. The molecule has 1 heterocycles. The lowest BCUT2D eigenvalue weighted by atomic mass is 10.1. The molecule has 1 aromatic heterocycles. The Morgan fingerprint density at radius 3 is 2.43 bits per heavy atom. The number of carbonyl (C=O) groups excluding carboxylic acids is 1. The first kappa shape index (κ1) is 19.8. The summed E-state index contributed by atoms with van der Waals surface area (Å²) >= 11 is 0. The predicted octanol–water partition coefficient (Wildman–Crippen LogP) is 3.92. The van der Waals surface area contributed by atoms with E-state index >= 15 is 0 Å².